The van der Waals surface area contributed by atoms with Crippen LogP contribution in [0.1, 0.15) is 41.7 Å². The van der Waals surface area contributed by atoms with Crippen LogP contribution in [0.2, 0.25) is 0 Å². The van der Waals surface area contributed by atoms with Crippen molar-refractivity contribution in [2.45, 2.75) is 26.4 Å². The molecular weight excluding hydrogens is 380 g/mol. The molecule has 0 fully saturated rings. The summed E-state index contributed by atoms with van der Waals surface area (Å²) in [5.41, 5.74) is 6.73. The van der Waals surface area contributed by atoms with Gasteiger partial charge in [-0.2, -0.15) is 0 Å². The van der Waals surface area contributed by atoms with Crippen molar-refractivity contribution < 1.29 is 28.6 Å². The highest BCUT2D eigenvalue weighted by molar-refractivity contribution is 5.92. The first kappa shape index (κ1) is 23.6. The van der Waals surface area contributed by atoms with Gasteiger partial charge in [-0.05, 0) is 32.9 Å². The monoisotopic (exact) mass is 408 g/mol. The minimum absolute atomic E-state index is 0.351. The predicted octanol–water partition coefficient (Wildman–Crippen LogP) is 2.55. The van der Waals surface area contributed by atoms with E-state index in [9.17, 15) is 14.4 Å². The molecule has 0 bridgehead atoms. The molecule has 2 aromatic rings. The third-order valence-electron chi connectivity index (χ3n) is 3.47. The van der Waals surface area contributed by atoms with Crippen LogP contribution in [0.4, 0.5) is 16.2 Å². The predicted molar refractivity (Wildman–Crippen MR) is 108 cm³/mol. The van der Waals surface area contributed by atoms with Gasteiger partial charge >= 0.3 is 18.0 Å². The van der Waals surface area contributed by atoms with E-state index in [1.54, 1.807) is 62.5 Å². The van der Waals surface area contributed by atoms with Crippen LogP contribution in [0, 0.1) is 0 Å². The fourth-order valence-electron chi connectivity index (χ4n) is 2.26. The van der Waals surface area contributed by atoms with E-state index in [4.69, 9.17) is 10.5 Å². The number of hydrogen-bond acceptors (Lipinski definition) is 7. The molecule has 3 N–H and O–H groups in total. The van der Waals surface area contributed by atoms with Crippen LogP contribution < -0.4 is 11.1 Å². The molecule has 0 saturated carbocycles. The van der Waals surface area contributed by atoms with Crippen molar-refractivity contribution in [3.63, 3.8) is 0 Å². The molecule has 0 spiro atoms. The lowest BCUT2D eigenvalue weighted by molar-refractivity contribution is 0.0581. The van der Waals surface area contributed by atoms with Crippen LogP contribution in [-0.4, -0.2) is 47.0 Å². The summed E-state index contributed by atoms with van der Waals surface area (Å²) in [7, 11) is 6.07. The van der Waals surface area contributed by atoms with Gasteiger partial charge in [-0.3, -0.25) is 5.32 Å². The third-order valence-corrected chi connectivity index (χ3v) is 3.47. The van der Waals surface area contributed by atoms with Crippen LogP contribution in [-0.2, 0) is 28.3 Å². The standard InChI is InChI=1S/C12H18N2O4.C7H10N2O2/c1-12(2,3)18-11(16)13-8-6-9(10(15)17-5)14(4)7-8;1-9-4-5(8)3-6(9)7(10)11-2/h6-7H,1-5H3,(H,13,16);3-4H,8H2,1-2H3. The molecule has 0 atom stereocenters. The van der Waals surface area contributed by atoms with Gasteiger partial charge in [0, 0.05) is 26.5 Å². The summed E-state index contributed by atoms with van der Waals surface area (Å²) in [5, 5.41) is 2.55. The SMILES string of the molecule is COC(=O)c1cc(N)cn1C.COC(=O)c1cc(NC(=O)OC(C)(C)C)cn1C. The number of rotatable bonds is 3. The van der Waals surface area contributed by atoms with Gasteiger partial charge < -0.3 is 29.1 Å². The summed E-state index contributed by atoms with van der Waals surface area (Å²) in [6, 6.07) is 3.10. The number of methoxy groups -OCH3 is 2. The molecule has 0 aromatic carbocycles. The van der Waals surface area contributed by atoms with Crippen LogP contribution in [0.3, 0.4) is 0 Å². The first-order chi connectivity index (χ1) is 13.4. The van der Waals surface area contributed by atoms with Crippen molar-refractivity contribution in [2.75, 3.05) is 25.3 Å². The third kappa shape index (κ3) is 7.24. The van der Waals surface area contributed by atoms with Crippen molar-refractivity contribution in [1.29, 1.82) is 0 Å². The summed E-state index contributed by atoms with van der Waals surface area (Å²) in [4.78, 5) is 33.9. The van der Waals surface area contributed by atoms with E-state index < -0.39 is 17.7 Å². The van der Waals surface area contributed by atoms with Crippen molar-refractivity contribution in [1.82, 2.24) is 9.13 Å². The molecule has 1 amide bonds. The Bertz CT molecular complexity index is 876. The molecule has 29 heavy (non-hydrogen) atoms. The zero-order valence-electron chi connectivity index (χ0n) is 17.7. The maximum absolute atomic E-state index is 11.5. The summed E-state index contributed by atoms with van der Waals surface area (Å²) in [5.74, 6) is -0.834. The Morgan fingerprint density at radius 2 is 1.41 bits per heavy atom. The van der Waals surface area contributed by atoms with Gasteiger partial charge in [0.05, 0.1) is 25.6 Å². The molecule has 0 aliphatic rings. The number of esters is 2. The number of aryl methyl sites for hydroxylation is 2. The minimum atomic E-state index is -0.565. The van der Waals surface area contributed by atoms with E-state index in [1.165, 1.54) is 20.3 Å². The molecule has 2 aromatic heterocycles. The van der Waals surface area contributed by atoms with E-state index >= 15 is 0 Å². The molecule has 2 heterocycles. The average molecular weight is 408 g/mol. The molecule has 0 radical (unpaired) electrons. The van der Waals surface area contributed by atoms with Gasteiger partial charge in [-0.1, -0.05) is 0 Å². The second-order valence-corrected chi connectivity index (χ2v) is 7.10. The van der Waals surface area contributed by atoms with Crippen molar-refractivity contribution in [3.8, 4) is 0 Å². The van der Waals surface area contributed by atoms with Gasteiger partial charge in [0.25, 0.3) is 0 Å². The molecule has 0 saturated heterocycles. The fraction of sp³-hybridized carbons (Fsp3) is 0.421. The highest BCUT2D eigenvalue weighted by Gasteiger charge is 2.18. The van der Waals surface area contributed by atoms with Crippen LogP contribution in [0.25, 0.3) is 0 Å². The van der Waals surface area contributed by atoms with E-state index in [-0.39, 0.29) is 5.97 Å². The quantitative estimate of drug-likeness (QED) is 0.590. The number of ether oxygens (including phenoxy) is 3. The zero-order chi connectivity index (χ0) is 22.4. The fourth-order valence-corrected chi connectivity index (χ4v) is 2.26. The zero-order valence-corrected chi connectivity index (χ0v) is 17.7. The number of carbonyl (C=O) groups is 3. The van der Waals surface area contributed by atoms with E-state index in [2.05, 4.69) is 14.8 Å². The summed E-state index contributed by atoms with van der Waals surface area (Å²) >= 11 is 0. The minimum Gasteiger partial charge on any atom is -0.464 e. The first-order valence-electron chi connectivity index (χ1n) is 8.62. The lowest BCUT2D eigenvalue weighted by Crippen LogP contribution is -2.27. The van der Waals surface area contributed by atoms with Crippen molar-refractivity contribution in [3.05, 3.63) is 35.9 Å². The van der Waals surface area contributed by atoms with E-state index in [1.807, 2.05) is 0 Å². The highest BCUT2D eigenvalue weighted by atomic mass is 16.6. The molecule has 0 aliphatic carbocycles. The second kappa shape index (κ2) is 9.67. The number of nitrogen functional groups attached to an aromatic ring is 1. The van der Waals surface area contributed by atoms with Gasteiger partial charge in [0.2, 0.25) is 0 Å². The van der Waals surface area contributed by atoms with Gasteiger partial charge in [0.15, 0.2) is 0 Å². The van der Waals surface area contributed by atoms with Gasteiger partial charge in [0.1, 0.15) is 17.0 Å². The number of anilines is 2. The lowest BCUT2D eigenvalue weighted by atomic mass is 10.2. The molecule has 0 unspecified atom stereocenters. The van der Waals surface area contributed by atoms with Gasteiger partial charge in [-0.25, -0.2) is 14.4 Å². The number of nitrogens with two attached hydrogens (primary N) is 1. The smallest absolute Gasteiger partial charge is 0.412 e. The van der Waals surface area contributed by atoms with Crippen LogP contribution in [0.15, 0.2) is 24.5 Å². The Labute approximate surface area is 169 Å². The number of nitrogens with zero attached hydrogens (tertiary/aromatic N) is 2. The maximum Gasteiger partial charge on any atom is 0.412 e. The average Bonchev–Trinajstić information content (AvgIpc) is 3.13. The molecule has 2 rings (SSSR count). The van der Waals surface area contributed by atoms with Gasteiger partial charge in [-0.15, -0.1) is 0 Å². The van der Waals surface area contributed by atoms with E-state index in [0.717, 1.165) is 0 Å². The largest absolute Gasteiger partial charge is 0.464 e. The Morgan fingerprint density at radius 1 is 0.931 bits per heavy atom. The Morgan fingerprint density at radius 3 is 1.83 bits per heavy atom. The lowest BCUT2D eigenvalue weighted by Gasteiger charge is -2.19. The molecule has 160 valence electrons. The number of amides is 1. The molecular formula is C19H28N4O6. The molecule has 0 aliphatic heterocycles. The Balaban J connectivity index is 0.000000326. The number of nitrogens with one attached hydrogen (secondary N) is 1. The number of aromatic nitrogens is 2. The highest BCUT2D eigenvalue weighted by Crippen LogP contribution is 2.15. The van der Waals surface area contributed by atoms with E-state index in [0.29, 0.717) is 22.8 Å². The van der Waals surface area contributed by atoms with Crippen molar-refractivity contribution in [2.24, 2.45) is 14.1 Å². The first-order valence-corrected chi connectivity index (χ1v) is 8.62. The maximum atomic E-state index is 11.5. The van der Waals surface area contributed by atoms with Crippen molar-refractivity contribution >= 4 is 29.4 Å². The van der Waals surface area contributed by atoms with Crippen LogP contribution in [0.5, 0.6) is 0 Å². The topological polar surface area (TPSA) is 127 Å². The molecule has 10 heteroatoms. The summed E-state index contributed by atoms with van der Waals surface area (Å²) < 4.78 is 17.4. The normalized spacial score (nSPS) is 10.4. The molecule has 10 nitrogen and oxygen atoms in total. The Kier molecular flexibility index (Phi) is 7.87. The number of carbonyl (C=O) groups excluding carboxylic acids is 3. The number of hydrogen-bond donors (Lipinski definition) is 2. The summed E-state index contributed by atoms with van der Waals surface area (Å²) in [6.45, 7) is 5.33. The Hall–Kier alpha value is -3.43. The summed E-state index contributed by atoms with van der Waals surface area (Å²) in [6.07, 6.45) is 2.70. The second-order valence-electron chi connectivity index (χ2n) is 7.10. The van der Waals surface area contributed by atoms with Crippen LogP contribution >= 0.6 is 0 Å².